The van der Waals surface area contributed by atoms with E-state index in [1.807, 2.05) is 0 Å². The topological polar surface area (TPSA) is 38.0 Å². The Morgan fingerprint density at radius 1 is 1.38 bits per heavy atom. The average Bonchev–Trinajstić information content (AvgIpc) is 2.12. The molecule has 0 aliphatic heterocycles. The van der Waals surface area contributed by atoms with E-state index in [0.717, 1.165) is 19.6 Å². The molecule has 0 aromatic carbocycles. The summed E-state index contributed by atoms with van der Waals surface area (Å²) >= 11 is 0. The molecule has 0 aromatic rings. The Morgan fingerprint density at radius 2 is 2.00 bits per heavy atom. The van der Waals surface area contributed by atoms with Crippen molar-refractivity contribution in [3.63, 3.8) is 0 Å². The van der Waals surface area contributed by atoms with Crippen LogP contribution in [-0.4, -0.2) is 19.6 Å². The van der Waals surface area contributed by atoms with E-state index >= 15 is 0 Å². The van der Waals surface area contributed by atoms with Gasteiger partial charge in [0.05, 0.1) is 0 Å². The van der Waals surface area contributed by atoms with Crippen LogP contribution in [0.1, 0.15) is 40.5 Å². The molecule has 0 aliphatic rings. The number of hydrogen-bond donors (Lipinski definition) is 2. The first-order chi connectivity index (χ1) is 6.02. The predicted molar refractivity (Wildman–Crippen MR) is 59.8 cm³/mol. The van der Waals surface area contributed by atoms with Crippen LogP contribution in [0.5, 0.6) is 0 Å². The Hall–Kier alpha value is -0.0800. The van der Waals surface area contributed by atoms with Crippen LogP contribution < -0.4 is 11.1 Å². The molecule has 2 heteroatoms. The van der Waals surface area contributed by atoms with Gasteiger partial charge in [0.15, 0.2) is 0 Å². The zero-order valence-electron chi connectivity index (χ0n) is 9.69. The maximum absolute atomic E-state index is 5.54. The van der Waals surface area contributed by atoms with Gasteiger partial charge in [-0.25, -0.2) is 0 Å². The SMILES string of the molecule is CCC(C)(C)CNCCC(C)CN. The van der Waals surface area contributed by atoms with E-state index in [0.29, 0.717) is 11.3 Å². The summed E-state index contributed by atoms with van der Waals surface area (Å²) < 4.78 is 0. The molecule has 1 atom stereocenters. The van der Waals surface area contributed by atoms with Crippen LogP contribution in [0.15, 0.2) is 0 Å². The van der Waals surface area contributed by atoms with Crippen molar-refractivity contribution in [2.75, 3.05) is 19.6 Å². The second-order valence-corrected chi connectivity index (χ2v) is 4.82. The minimum absolute atomic E-state index is 0.436. The number of rotatable bonds is 7. The molecular formula is C11H26N2. The molecule has 0 heterocycles. The summed E-state index contributed by atoms with van der Waals surface area (Å²) in [4.78, 5) is 0. The van der Waals surface area contributed by atoms with Crippen LogP contribution in [0, 0.1) is 11.3 Å². The van der Waals surface area contributed by atoms with Crippen molar-refractivity contribution in [1.82, 2.24) is 5.32 Å². The van der Waals surface area contributed by atoms with Crippen LogP contribution >= 0.6 is 0 Å². The lowest BCUT2D eigenvalue weighted by Gasteiger charge is -2.23. The van der Waals surface area contributed by atoms with Crippen molar-refractivity contribution >= 4 is 0 Å². The van der Waals surface area contributed by atoms with E-state index < -0.39 is 0 Å². The Morgan fingerprint density at radius 3 is 2.46 bits per heavy atom. The molecule has 80 valence electrons. The van der Waals surface area contributed by atoms with Crippen molar-refractivity contribution in [3.8, 4) is 0 Å². The fourth-order valence-corrected chi connectivity index (χ4v) is 1.02. The molecule has 0 bridgehead atoms. The van der Waals surface area contributed by atoms with Gasteiger partial charge in [-0.2, -0.15) is 0 Å². The first kappa shape index (κ1) is 12.9. The van der Waals surface area contributed by atoms with Gasteiger partial charge >= 0.3 is 0 Å². The fourth-order valence-electron chi connectivity index (χ4n) is 1.02. The maximum atomic E-state index is 5.54. The van der Waals surface area contributed by atoms with E-state index in [1.165, 1.54) is 12.8 Å². The predicted octanol–water partition coefficient (Wildman–Crippen LogP) is 2.00. The van der Waals surface area contributed by atoms with Crippen LogP contribution in [-0.2, 0) is 0 Å². The summed E-state index contributed by atoms with van der Waals surface area (Å²) in [6.45, 7) is 12.1. The first-order valence-electron chi connectivity index (χ1n) is 5.42. The van der Waals surface area contributed by atoms with Crippen molar-refractivity contribution in [3.05, 3.63) is 0 Å². The van der Waals surface area contributed by atoms with Crippen molar-refractivity contribution in [1.29, 1.82) is 0 Å². The molecule has 2 nitrogen and oxygen atoms in total. The molecule has 0 aliphatic carbocycles. The van der Waals surface area contributed by atoms with Gasteiger partial charge < -0.3 is 11.1 Å². The Labute approximate surface area is 83.3 Å². The van der Waals surface area contributed by atoms with E-state index in [1.54, 1.807) is 0 Å². The van der Waals surface area contributed by atoms with E-state index in [-0.39, 0.29) is 0 Å². The third-order valence-electron chi connectivity index (χ3n) is 2.78. The molecule has 1 unspecified atom stereocenters. The molecule has 3 N–H and O–H groups in total. The van der Waals surface area contributed by atoms with Crippen LogP contribution in [0.3, 0.4) is 0 Å². The van der Waals surface area contributed by atoms with Crippen molar-refractivity contribution < 1.29 is 0 Å². The quantitative estimate of drug-likeness (QED) is 0.597. The lowest BCUT2D eigenvalue weighted by Crippen LogP contribution is -2.30. The van der Waals surface area contributed by atoms with Crippen LogP contribution in [0.25, 0.3) is 0 Å². The third-order valence-corrected chi connectivity index (χ3v) is 2.78. The zero-order valence-corrected chi connectivity index (χ0v) is 9.69. The Balaban J connectivity index is 3.35. The molecule has 0 amide bonds. The zero-order chi connectivity index (χ0) is 10.3. The summed E-state index contributed by atoms with van der Waals surface area (Å²) in [5, 5.41) is 3.49. The maximum Gasteiger partial charge on any atom is 0.000242 e. The lowest BCUT2D eigenvalue weighted by molar-refractivity contribution is 0.323. The van der Waals surface area contributed by atoms with Gasteiger partial charge in [0.2, 0.25) is 0 Å². The second-order valence-electron chi connectivity index (χ2n) is 4.82. The summed E-state index contributed by atoms with van der Waals surface area (Å²) in [7, 11) is 0. The Bertz CT molecular complexity index is 121. The van der Waals surface area contributed by atoms with E-state index in [2.05, 4.69) is 33.0 Å². The molecule has 0 rings (SSSR count). The van der Waals surface area contributed by atoms with Crippen LogP contribution in [0.2, 0.25) is 0 Å². The van der Waals surface area contributed by atoms with Gasteiger partial charge in [0.25, 0.3) is 0 Å². The number of hydrogen-bond acceptors (Lipinski definition) is 2. The molecule has 0 aromatic heterocycles. The molecule has 0 saturated carbocycles. The summed E-state index contributed by atoms with van der Waals surface area (Å²) in [5.74, 6) is 0.650. The summed E-state index contributed by atoms with van der Waals surface area (Å²) in [6.07, 6.45) is 2.42. The highest BCUT2D eigenvalue weighted by molar-refractivity contribution is 4.69. The van der Waals surface area contributed by atoms with Gasteiger partial charge in [-0.05, 0) is 37.3 Å². The van der Waals surface area contributed by atoms with Gasteiger partial charge in [-0.3, -0.25) is 0 Å². The smallest absolute Gasteiger partial charge is 0.000242 e. The first-order valence-corrected chi connectivity index (χ1v) is 5.42. The highest BCUT2D eigenvalue weighted by atomic mass is 14.9. The standard InChI is InChI=1S/C11H26N2/c1-5-11(3,4)9-13-7-6-10(2)8-12/h10,13H,5-9,12H2,1-4H3. The minimum Gasteiger partial charge on any atom is -0.330 e. The van der Waals surface area contributed by atoms with E-state index in [9.17, 15) is 0 Å². The molecule has 0 saturated heterocycles. The van der Waals surface area contributed by atoms with E-state index in [4.69, 9.17) is 5.73 Å². The van der Waals surface area contributed by atoms with Gasteiger partial charge in [-0.15, -0.1) is 0 Å². The molecule has 0 spiro atoms. The van der Waals surface area contributed by atoms with Crippen LogP contribution in [0.4, 0.5) is 0 Å². The summed E-state index contributed by atoms with van der Waals surface area (Å²) in [5.41, 5.74) is 5.97. The second kappa shape index (κ2) is 6.39. The Kier molecular flexibility index (Phi) is 6.35. The molecule has 13 heavy (non-hydrogen) atoms. The monoisotopic (exact) mass is 186 g/mol. The molecular weight excluding hydrogens is 160 g/mol. The summed E-state index contributed by atoms with van der Waals surface area (Å²) in [6, 6.07) is 0. The number of nitrogens with two attached hydrogens (primary N) is 1. The highest BCUT2D eigenvalue weighted by Crippen LogP contribution is 2.17. The lowest BCUT2D eigenvalue weighted by atomic mass is 9.90. The van der Waals surface area contributed by atoms with Gasteiger partial charge in [-0.1, -0.05) is 27.7 Å². The average molecular weight is 186 g/mol. The minimum atomic E-state index is 0.436. The fraction of sp³-hybridized carbons (Fsp3) is 1.00. The largest absolute Gasteiger partial charge is 0.330 e. The van der Waals surface area contributed by atoms with Crippen molar-refractivity contribution in [2.24, 2.45) is 17.1 Å². The normalized spacial score (nSPS) is 14.5. The molecule has 0 radical (unpaired) electrons. The number of nitrogens with one attached hydrogen (secondary N) is 1. The van der Waals surface area contributed by atoms with Gasteiger partial charge in [0.1, 0.15) is 0 Å². The molecule has 0 fully saturated rings. The third kappa shape index (κ3) is 7.03. The highest BCUT2D eigenvalue weighted by Gasteiger charge is 2.13. The van der Waals surface area contributed by atoms with Crippen molar-refractivity contribution in [2.45, 2.75) is 40.5 Å². The van der Waals surface area contributed by atoms with Gasteiger partial charge in [0, 0.05) is 6.54 Å².